The van der Waals surface area contributed by atoms with Crippen molar-refractivity contribution < 1.29 is 0 Å². The second-order valence-electron chi connectivity index (χ2n) is 5.64. The van der Waals surface area contributed by atoms with Crippen molar-refractivity contribution in [1.29, 1.82) is 0 Å². The molecular formula is C16H23NS. The largest absolute Gasteiger partial charge is 0.316 e. The topological polar surface area (TPSA) is 12.0 Å². The predicted octanol–water partition coefficient (Wildman–Crippen LogP) is 3.66. The molecule has 0 aromatic heterocycles. The van der Waals surface area contributed by atoms with Gasteiger partial charge in [0.2, 0.25) is 0 Å². The van der Waals surface area contributed by atoms with Crippen molar-refractivity contribution in [3.63, 3.8) is 0 Å². The zero-order chi connectivity index (χ0) is 12.4. The first-order valence-corrected chi connectivity index (χ1v) is 8.29. The minimum absolute atomic E-state index is 0.723. The highest BCUT2D eigenvalue weighted by molar-refractivity contribution is 8.00. The molecule has 4 atom stereocenters. The van der Waals surface area contributed by atoms with E-state index >= 15 is 0 Å². The van der Waals surface area contributed by atoms with Crippen molar-refractivity contribution in [3.05, 3.63) is 35.9 Å². The van der Waals surface area contributed by atoms with Crippen molar-refractivity contribution in [2.24, 2.45) is 5.92 Å². The second kappa shape index (κ2) is 5.66. The number of hydrogen-bond acceptors (Lipinski definition) is 2. The van der Waals surface area contributed by atoms with Gasteiger partial charge in [-0.15, -0.1) is 0 Å². The van der Waals surface area contributed by atoms with Gasteiger partial charge in [-0.3, -0.25) is 0 Å². The molecule has 1 N–H and O–H groups in total. The summed E-state index contributed by atoms with van der Waals surface area (Å²) in [6.07, 6.45) is 5.64. The van der Waals surface area contributed by atoms with E-state index in [9.17, 15) is 0 Å². The Morgan fingerprint density at radius 2 is 2.06 bits per heavy atom. The van der Waals surface area contributed by atoms with E-state index < -0.39 is 0 Å². The smallest absolute Gasteiger partial charge is 0.0217 e. The van der Waals surface area contributed by atoms with Gasteiger partial charge < -0.3 is 5.32 Å². The Morgan fingerprint density at radius 3 is 2.72 bits per heavy atom. The van der Waals surface area contributed by atoms with Crippen LogP contribution in [0.25, 0.3) is 0 Å². The third kappa shape index (κ3) is 2.60. The molecule has 1 nitrogen and oxygen atoms in total. The van der Waals surface area contributed by atoms with Crippen LogP contribution >= 0.6 is 11.8 Å². The molecule has 1 aliphatic heterocycles. The van der Waals surface area contributed by atoms with E-state index in [1.807, 2.05) is 0 Å². The minimum atomic E-state index is 0.723. The molecular weight excluding hydrogens is 238 g/mol. The fourth-order valence-electron chi connectivity index (χ4n) is 3.42. The fourth-order valence-corrected chi connectivity index (χ4v) is 4.97. The molecule has 0 bridgehead atoms. The van der Waals surface area contributed by atoms with E-state index in [0.29, 0.717) is 0 Å². The maximum atomic E-state index is 3.61. The number of rotatable bonds is 4. The molecule has 2 heteroatoms. The normalized spacial score (nSPS) is 33.1. The molecule has 0 radical (unpaired) electrons. The van der Waals surface area contributed by atoms with E-state index in [-0.39, 0.29) is 0 Å². The molecule has 98 valence electrons. The minimum Gasteiger partial charge on any atom is -0.316 e. The van der Waals surface area contributed by atoms with Crippen LogP contribution in [0, 0.1) is 5.92 Å². The molecule has 1 saturated carbocycles. The van der Waals surface area contributed by atoms with E-state index in [0.717, 1.165) is 23.1 Å². The first-order chi connectivity index (χ1) is 8.90. The molecule has 2 fully saturated rings. The lowest BCUT2D eigenvalue weighted by molar-refractivity contribution is 0.447. The van der Waals surface area contributed by atoms with Crippen LogP contribution in [0.4, 0.5) is 0 Å². The summed E-state index contributed by atoms with van der Waals surface area (Å²) < 4.78 is 0. The van der Waals surface area contributed by atoms with Crippen LogP contribution in [0.2, 0.25) is 0 Å². The average Bonchev–Trinajstić information content (AvgIpc) is 3.22. The highest BCUT2D eigenvalue weighted by atomic mass is 32.2. The van der Waals surface area contributed by atoms with Crippen LogP contribution in [0.1, 0.15) is 37.2 Å². The molecule has 4 unspecified atom stereocenters. The molecule has 1 aromatic rings. The molecule has 1 aromatic carbocycles. The molecule has 2 aliphatic rings. The SMILES string of the molecule is CNC(C1CCCCS1)C1CC1c1ccccc1. The van der Waals surface area contributed by atoms with E-state index in [4.69, 9.17) is 0 Å². The van der Waals surface area contributed by atoms with Crippen molar-refractivity contribution >= 4 is 11.8 Å². The van der Waals surface area contributed by atoms with E-state index in [1.165, 1.54) is 31.4 Å². The van der Waals surface area contributed by atoms with Gasteiger partial charge in [0.25, 0.3) is 0 Å². The zero-order valence-electron chi connectivity index (χ0n) is 11.1. The highest BCUT2D eigenvalue weighted by Crippen LogP contribution is 2.52. The van der Waals surface area contributed by atoms with Gasteiger partial charge in [0.15, 0.2) is 0 Å². The molecule has 1 heterocycles. The third-order valence-corrected chi connectivity index (χ3v) is 5.96. The summed E-state index contributed by atoms with van der Waals surface area (Å²) in [5.41, 5.74) is 1.54. The van der Waals surface area contributed by atoms with Gasteiger partial charge in [-0.25, -0.2) is 0 Å². The van der Waals surface area contributed by atoms with Crippen molar-refractivity contribution in [3.8, 4) is 0 Å². The van der Waals surface area contributed by atoms with E-state index in [2.05, 4.69) is 54.5 Å². The van der Waals surface area contributed by atoms with Gasteiger partial charge in [-0.05, 0) is 49.5 Å². The van der Waals surface area contributed by atoms with Gasteiger partial charge in [0.1, 0.15) is 0 Å². The first-order valence-electron chi connectivity index (χ1n) is 7.24. The Labute approximate surface area is 115 Å². The Morgan fingerprint density at radius 1 is 1.22 bits per heavy atom. The third-order valence-electron chi connectivity index (χ3n) is 4.48. The number of thioether (sulfide) groups is 1. The molecule has 18 heavy (non-hydrogen) atoms. The van der Waals surface area contributed by atoms with Gasteiger partial charge >= 0.3 is 0 Å². The highest BCUT2D eigenvalue weighted by Gasteiger charge is 2.46. The predicted molar refractivity (Wildman–Crippen MR) is 80.2 cm³/mol. The van der Waals surface area contributed by atoms with Gasteiger partial charge in [-0.1, -0.05) is 36.8 Å². The van der Waals surface area contributed by atoms with E-state index in [1.54, 1.807) is 5.56 Å². The van der Waals surface area contributed by atoms with Crippen LogP contribution in [-0.4, -0.2) is 24.1 Å². The lowest BCUT2D eigenvalue weighted by atomic mass is 9.99. The Kier molecular flexibility index (Phi) is 3.95. The molecule has 0 amide bonds. The van der Waals surface area contributed by atoms with Crippen LogP contribution < -0.4 is 5.32 Å². The first kappa shape index (κ1) is 12.6. The van der Waals surface area contributed by atoms with Crippen molar-refractivity contribution in [1.82, 2.24) is 5.32 Å². The summed E-state index contributed by atoms with van der Waals surface area (Å²) in [5.74, 6) is 3.05. The zero-order valence-corrected chi connectivity index (χ0v) is 12.0. The van der Waals surface area contributed by atoms with Crippen LogP contribution in [0.3, 0.4) is 0 Å². The maximum Gasteiger partial charge on any atom is 0.0217 e. The number of hydrogen-bond donors (Lipinski definition) is 1. The van der Waals surface area contributed by atoms with Gasteiger partial charge in [-0.2, -0.15) is 11.8 Å². The standard InChI is InChI=1S/C16H23NS/c1-17-16(15-9-5-6-10-18-15)14-11-13(14)12-7-3-2-4-8-12/h2-4,7-8,13-17H,5-6,9-11H2,1H3. The molecule has 0 spiro atoms. The summed E-state index contributed by atoms with van der Waals surface area (Å²) in [4.78, 5) is 0. The van der Waals surface area contributed by atoms with Crippen LogP contribution in [0.5, 0.6) is 0 Å². The summed E-state index contributed by atoms with van der Waals surface area (Å²) in [6.45, 7) is 0. The monoisotopic (exact) mass is 261 g/mol. The summed E-state index contributed by atoms with van der Waals surface area (Å²) in [7, 11) is 2.15. The lowest BCUT2D eigenvalue weighted by Crippen LogP contribution is -2.39. The van der Waals surface area contributed by atoms with Gasteiger partial charge in [0, 0.05) is 11.3 Å². The second-order valence-corrected chi connectivity index (χ2v) is 6.98. The Bertz CT molecular complexity index is 372. The fraction of sp³-hybridized carbons (Fsp3) is 0.625. The molecule has 1 aliphatic carbocycles. The Hall–Kier alpha value is -0.470. The maximum absolute atomic E-state index is 3.61. The molecule has 3 rings (SSSR count). The van der Waals surface area contributed by atoms with Crippen molar-refractivity contribution in [2.45, 2.75) is 42.9 Å². The average molecular weight is 261 g/mol. The van der Waals surface area contributed by atoms with Crippen LogP contribution in [0.15, 0.2) is 30.3 Å². The lowest BCUT2D eigenvalue weighted by Gasteiger charge is -2.30. The van der Waals surface area contributed by atoms with Crippen molar-refractivity contribution in [2.75, 3.05) is 12.8 Å². The number of nitrogens with one attached hydrogen (secondary N) is 1. The Balaban J connectivity index is 1.64. The quantitative estimate of drug-likeness (QED) is 0.887. The van der Waals surface area contributed by atoms with Gasteiger partial charge in [0.05, 0.1) is 0 Å². The molecule has 1 saturated heterocycles. The summed E-state index contributed by atoms with van der Waals surface area (Å²) in [5, 5.41) is 4.46. The number of benzene rings is 1. The summed E-state index contributed by atoms with van der Waals surface area (Å²) in [6, 6.07) is 11.8. The van der Waals surface area contributed by atoms with Crippen LogP contribution in [-0.2, 0) is 0 Å². The summed E-state index contributed by atoms with van der Waals surface area (Å²) >= 11 is 2.20.